The number of ether oxygens (including phenoxy) is 1. The maximum atomic E-state index is 12.4. The van der Waals surface area contributed by atoms with Crippen molar-refractivity contribution < 1.29 is 27.3 Å². The zero-order valence-electron chi connectivity index (χ0n) is 14.0. The number of esters is 1. The average Bonchev–Trinajstić information content (AvgIpc) is 3.07. The van der Waals surface area contributed by atoms with E-state index in [4.69, 9.17) is 9.26 Å². The second-order valence-electron chi connectivity index (χ2n) is 6.41. The van der Waals surface area contributed by atoms with E-state index < -0.39 is 28.3 Å². The van der Waals surface area contributed by atoms with Crippen LogP contribution in [0.3, 0.4) is 0 Å². The number of aromatic nitrogens is 1. The first-order valence-electron chi connectivity index (χ1n) is 7.78. The predicted octanol–water partition coefficient (Wildman–Crippen LogP) is 0.812. The molecule has 1 amide bonds. The molecule has 1 fully saturated rings. The second kappa shape index (κ2) is 7.33. The molecule has 0 unspecified atom stereocenters. The van der Waals surface area contributed by atoms with Crippen molar-refractivity contribution in [2.24, 2.45) is 5.92 Å². The van der Waals surface area contributed by atoms with Crippen LogP contribution >= 0.6 is 0 Å². The molecule has 1 aromatic heterocycles. The van der Waals surface area contributed by atoms with Crippen molar-refractivity contribution in [3.05, 3.63) is 17.5 Å². The van der Waals surface area contributed by atoms with Crippen molar-refractivity contribution in [3.63, 3.8) is 0 Å². The number of hydrogen-bond acceptors (Lipinski definition) is 7. The molecule has 0 N–H and O–H groups in total. The Morgan fingerprint density at radius 1 is 1.46 bits per heavy atom. The molecule has 0 radical (unpaired) electrons. The van der Waals surface area contributed by atoms with Gasteiger partial charge in [-0.2, -0.15) is 0 Å². The molecule has 0 spiro atoms. The minimum absolute atomic E-state index is 0.0410. The zero-order valence-corrected chi connectivity index (χ0v) is 14.8. The fraction of sp³-hybridized carbons (Fsp3) is 0.667. The Kier molecular flexibility index (Phi) is 5.63. The van der Waals surface area contributed by atoms with Crippen LogP contribution < -0.4 is 0 Å². The number of rotatable bonds is 6. The molecule has 0 bridgehead atoms. The minimum atomic E-state index is -3.11. The summed E-state index contributed by atoms with van der Waals surface area (Å²) in [6, 6.07) is 1.05. The van der Waals surface area contributed by atoms with Gasteiger partial charge in [-0.3, -0.25) is 4.79 Å². The van der Waals surface area contributed by atoms with Crippen molar-refractivity contribution in [1.82, 2.24) is 10.1 Å². The third-order valence-electron chi connectivity index (χ3n) is 3.69. The fourth-order valence-corrected chi connectivity index (χ4v) is 4.34. The molecule has 8 nitrogen and oxygen atoms in total. The number of carbonyl (C=O) groups is 2. The van der Waals surface area contributed by atoms with Gasteiger partial charge in [-0.25, -0.2) is 13.2 Å². The van der Waals surface area contributed by atoms with Crippen molar-refractivity contribution >= 4 is 21.7 Å². The van der Waals surface area contributed by atoms with Crippen LogP contribution in [-0.2, 0) is 19.4 Å². The standard InChI is InChI=1S/C15H22N2O6S/c1-10(2)7-17(12-4-5-24(20,21)9-12)14(18)8-22-15(19)13-6-11(3)16-23-13/h6,10,12H,4-5,7-9H2,1-3H3/t12-/m0/s1. The van der Waals surface area contributed by atoms with E-state index in [-0.39, 0.29) is 29.2 Å². The highest BCUT2D eigenvalue weighted by atomic mass is 32.2. The smallest absolute Gasteiger partial charge is 0.377 e. The molecule has 0 aliphatic carbocycles. The van der Waals surface area contributed by atoms with Crippen LogP contribution in [0.25, 0.3) is 0 Å². The van der Waals surface area contributed by atoms with E-state index in [0.717, 1.165) is 0 Å². The van der Waals surface area contributed by atoms with Gasteiger partial charge in [-0.1, -0.05) is 19.0 Å². The lowest BCUT2D eigenvalue weighted by Crippen LogP contribution is -2.45. The average molecular weight is 358 g/mol. The largest absolute Gasteiger partial charge is 0.450 e. The molecule has 0 aromatic carbocycles. The topological polar surface area (TPSA) is 107 Å². The molecule has 2 heterocycles. The van der Waals surface area contributed by atoms with Crippen LogP contribution in [0.5, 0.6) is 0 Å². The van der Waals surface area contributed by atoms with Crippen LogP contribution in [0.1, 0.15) is 36.5 Å². The lowest BCUT2D eigenvalue weighted by molar-refractivity contribution is -0.137. The second-order valence-corrected chi connectivity index (χ2v) is 8.63. The van der Waals surface area contributed by atoms with Crippen LogP contribution in [0.2, 0.25) is 0 Å². The Labute approximate surface area is 141 Å². The van der Waals surface area contributed by atoms with E-state index in [9.17, 15) is 18.0 Å². The van der Waals surface area contributed by atoms with E-state index in [1.165, 1.54) is 11.0 Å². The Bertz CT molecular complexity index is 709. The molecule has 1 aromatic rings. The summed E-state index contributed by atoms with van der Waals surface area (Å²) in [5.41, 5.74) is 0.533. The van der Waals surface area contributed by atoms with E-state index >= 15 is 0 Å². The SMILES string of the molecule is Cc1cc(C(=O)OCC(=O)N(CC(C)C)[C@H]2CCS(=O)(=O)C2)on1. The highest BCUT2D eigenvalue weighted by Crippen LogP contribution is 2.19. The molecule has 134 valence electrons. The predicted molar refractivity (Wildman–Crippen MR) is 85.1 cm³/mol. The molecular formula is C15H22N2O6S. The van der Waals surface area contributed by atoms with Gasteiger partial charge in [0.25, 0.3) is 5.91 Å². The zero-order chi connectivity index (χ0) is 17.9. The summed E-state index contributed by atoms with van der Waals surface area (Å²) in [5.74, 6) is -1.04. The molecule has 9 heteroatoms. The van der Waals surface area contributed by atoms with Crippen molar-refractivity contribution in [3.8, 4) is 0 Å². The summed E-state index contributed by atoms with van der Waals surface area (Å²) < 4.78 is 33.1. The van der Waals surface area contributed by atoms with Crippen LogP contribution in [0.4, 0.5) is 0 Å². The molecule has 1 atom stereocenters. The molecule has 2 rings (SSSR count). The maximum absolute atomic E-state index is 12.4. The summed E-state index contributed by atoms with van der Waals surface area (Å²) in [7, 11) is -3.11. The first-order valence-corrected chi connectivity index (χ1v) is 9.60. The molecule has 24 heavy (non-hydrogen) atoms. The van der Waals surface area contributed by atoms with Gasteiger partial charge in [-0.05, 0) is 19.3 Å². The van der Waals surface area contributed by atoms with Crippen molar-refractivity contribution in [1.29, 1.82) is 0 Å². The summed E-state index contributed by atoms with van der Waals surface area (Å²) >= 11 is 0. The fourth-order valence-electron chi connectivity index (χ4n) is 2.61. The summed E-state index contributed by atoms with van der Waals surface area (Å²) in [5, 5.41) is 3.58. The molecular weight excluding hydrogens is 336 g/mol. The van der Waals surface area contributed by atoms with E-state index in [1.54, 1.807) is 6.92 Å². The van der Waals surface area contributed by atoms with Crippen LogP contribution in [0, 0.1) is 12.8 Å². The van der Waals surface area contributed by atoms with Gasteiger partial charge in [0.05, 0.1) is 17.2 Å². The number of nitrogens with zero attached hydrogens (tertiary/aromatic N) is 2. The number of aryl methyl sites for hydroxylation is 1. The minimum Gasteiger partial charge on any atom is -0.450 e. The number of amides is 1. The monoisotopic (exact) mass is 358 g/mol. The molecule has 1 aliphatic rings. The quantitative estimate of drug-likeness (QED) is 0.693. The summed E-state index contributed by atoms with van der Waals surface area (Å²) in [6.45, 7) is 5.50. The Hall–Kier alpha value is -1.90. The number of hydrogen-bond donors (Lipinski definition) is 0. The van der Waals surface area contributed by atoms with Gasteiger partial charge >= 0.3 is 5.97 Å². The highest BCUT2D eigenvalue weighted by molar-refractivity contribution is 7.91. The van der Waals surface area contributed by atoms with Gasteiger partial charge in [0.2, 0.25) is 5.76 Å². The van der Waals surface area contributed by atoms with Gasteiger partial charge in [0.1, 0.15) is 0 Å². The van der Waals surface area contributed by atoms with Crippen molar-refractivity contribution in [2.75, 3.05) is 24.7 Å². The number of carbonyl (C=O) groups excluding carboxylic acids is 2. The van der Waals surface area contributed by atoms with Gasteiger partial charge in [-0.15, -0.1) is 0 Å². The van der Waals surface area contributed by atoms with E-state index in [0.29, 0.717) is 18.7 Å². The van der Waals surface area contributed by atoms with Gasteiger partial charge in [0, 0.05) is 18.7 Å². The van der Waals surface area contributed by atoms with Crippen LogP contribution in [-0.4, -0.2) is 61.1 Å². The van der Waals surface area contributed by atoms with Gasteiger partial charge < -0.3 is 14.2 Å². The Morgan fingerprint density at radius 3 is 2.67 bits per heavy atom. The molecule has 1 saturated heterocycles. The normalized spacial score (nSPS) is 19.4. The number of sulfone groups is 1. The first-order chi connectivity index (χ1) is 11.2. The Balaban J connectivity index is 1.98. The Morgan fingerprint density at radius 2 is 2.17 bits per heavy atom. The highest BCUT2D eigenvalue weighted by Gasteiger charge is 2.35. The van der Waals surface area contributed by atoms with E-state index in [1.807, 2.05) is 13.8 Å². The van der Waals surface area contributed by atoms with Crippen molar-refractivity contribution in [2.45, 2.75) is 33.2 Å². The lowest BCUT2D eigenvalue weighted by atomic mass is 10.1. The van der Waals surface area contributed by atoms with Crippen LogP contribution in [0.15, 0.2) is 10.6 Å². The van der Waals surface area contributed by atoms with Gasteiger partial charge in [0.15, 0.2) is 16.4 Å². The first kappa shape index (κ1) is 18.4. The maximum Gasteiger partial charge on any atom is 0.377 e. The molecule has 1 aliphatic heterocycles. The third-order valence-corrected chi connectivity index (χ3v) is 5.44. The van der Waals surface area contributed by atoms with E-state index in [2.05, 4.69) is 5.16 Å². The summed E-state index contributed by atoms with van der Waals surface area (Å²) in [4.78, 5) is 25.7. The third kappa shape index (κ3) is 4.80. The lowest BCUT2D eigenvalue weighted by Gasteiger charge is -2.29. The summed E-state index contributed by atoms with van der Waals surface area (Å²) in [6.07, 6.45) is 0.413. The molecule has 0 saturated carbocycles.